The highest BCUT2D eigenvalue weighted by Crippen LogP contribution is 2.35. The van der Waals surface area contributed by atoms with Gasteiger partial charge in [-0.2, -0.15) is 0 Å². The van der Waals surface area contributed by atoms with Gasteiger partial charge in [-0.3, -0.25) is 4.79 Å². The quantitative estimate of drug-likeness (QED) is 0.512. The van der Waals surface area contributed by atoms with Crippen LogP contribution in [0.5, 0.6) is 5.75 Å². The lowest BCUT2D eigenvalue weighted by Gasteiger charge is -2.30. The zero-order valence-corrected chi connectivity index (χ0v) is 21.2. The number of hydrogen-bond donors (Lipinski definition) is 2. The average molecular weight is 424 g/mol. The summed E-state index contributed by atoms with van der Waals surface area (Å²) in [7, 11) is 0. The highest BCUT2D eigenvalue weighted by Gasteiger charge is 2.24. The standard InChI is InChI=1S/C28H41NO2/c1-18-21(26(2,3)4)15-19(16-22(18)27(5,6)7)11-14-25(31)29-20-12-13-24(30)23(17-20)28(8,9)10/h12-13,15-17,30H,11,14H2,1-10H3,(H,29,31). The van der Waals surface area contributed by atoms with E-state index >= 15 is 0 Å². The van der Waals surface area contributed by atoms with Crippen LogP contribution in [0, 0.1) is 6.92 Å². The second-order valence-electron chi connectivity index (χ2n) is 11.8. The molecule has 0 heterocycles. The van der Waals surface area contributed by atoms with Crippen molar-refractivity contribution in [3.63, 3.8) is 0 Å². The molecular weight excluding hydrogens is 382 g/mol. The molecule has 2 aromatic carbocycles. The van der Waals surface area contributed by atoms with Crippen LogP contribution in [0.1, 0.15) is 96.6 Å². The van der Waals surface area contributed by atoms with Crippen molar-refractivity contribution in [2.45, 2.75) is 98.3 Å². The lowest BCUT2D eigenvalue weighted by molar-refractivity contribution is -0.116. The fourth-order valence-corrected chi connectivity index (χ4v) is 4.17. The summed E-state index contributed by atoms with van der Waals surface area (Å²) in [6.07, 6.45) is 1.12. The Hall–Kier alpha value is -2.29. The van der Waals surface area contributed by atoms with Crippen LogP contribution in [-0.2, 0) is 27.5 Å². The molecule has 0 aliphatic carbocycles. The number of carbonyl (C=O) groups is 1. The Morgan fingerprint density at radius 2 is 1.29 bits per heavy atom. The van der Waals surface area contributed by atoms with Crippen molar-refractivity contribution in [1.29, 1.82) is 0 Å². The Morgan fingerprint density at radius 3 is 1.74 bits per heavy atom. The lowest BCUT2D eigenvalue weighted by Crippen LogP contribution is -2.20. The van der Waals surface area contributed by atoms with Crippen molar-refractivity contribution in [3.8, 4) is 5.75 Å². The van der Waals surface area contributed by atoms with E-state index in [0.717, 1.165) is 11.3 Å². The third-order valence-corrected chi connectivity index (χ3v) is 5.81. The summed E-state index contributed by atoms with van der Waals surface area (Å²) < 4.78 is 0. The third-order valence-electron chi connectivity index (χ3n) is 5.81. The van der Waals surface area contributed by atoms with Crippen LogP contribution in [0.25, 0.3) is 0 Å². The highest BCUT2D eigenvalue weighted by molar-refractivity contribution is 5.91. The van der Waals surface area contributed by atoms with E-state index in [4.69, 9.17) is 0 Å². The van der Waals surface area contributed by atoms with Crippen LogP contribution in [-0.4, -0.2) is 11.0 Å². The summed E-state index contributed by atoms with van der Waals surface area (Å²) in [5, 5.41) is 13.2. The molecule has 3 nitrogen and oxygen atoms in total. The summed E-state index contributed by atoms with van der Waals surface area (Å²) >= 11 is 0. The Morgan fingerprint density at radius 1 is 0.806 bits per heavy atom. The highest BCUT2D eigenvalue weighted by atomic mass is 16.3. The molecule has 0 spiro atoms. The van der Waals surface area contributed by atoms with Gasteiger partial charge in [-0.05, 0) is 70.0 Å². The molecular formula is C28H41NO2. The molecule has 170 valence electrons. The molecule has 0 aromatic heterocycles. The van der Waals surface area contributed by atoms with E-state index in [1.807, 2.05) is 26.8 Å². The molecule has 3 heteroatoms. The predicted octanol–water partition coefficient (Wildman–Crippen LogP) is 7.16. The molecule has 0 unspecified atom stereocenters. The maximum Gasteiger partial charge on any atom is 0.224 e. The van der Waals surface area contributed by atoms with Crippen LogP contribution >= 0.6 is 0 Å². The van der Waals surface area contributed by atoms with E-state index in [-0.39, 0.29) is 27.9 Å². The first-order valence-electron chi connectivity index (χ1n) is 11.3. The lowest BCUT2D eigenvalue weighted by atomic mass is 9.75. The molecule has 0 saturated carbocycles. The Balaban J connectivity index is 2.22. The van der Waals surface area contributed by atoms with Gasteiger partial charge in [0.15, 0.2) is 0 Å². The summed E-state index contributed by atoms with van der Waals surface area (Å²) in [6, 6.07) is 9.83. The van der Waals surface area contributed by atoms with Crippen molar-refractivity contribution in [1.82, 2.24) is 0 Å². The van der Waals surface area contributed by atoms with Gasteiger partial charge in [-0.1, -0.05) is 74.4 Å². The van der Waals surface area contributed by atoms with E-state index in [1.54, 1.807) is 12.1 Å². The van der Waals surface area contributed by atoms with Gasteiger partial charge in [0.25, 0.3) is 0 Å². The minimum atomic E-state index is -0.195. The van der Waals surface area contributed by atoms with E-state index in [1.165, 1.54) is 22.3 Å². The van der Waals surface area contributed by atoms with Gasteiger partial charge in [0.1, 0.15) is 5.75 Å². The first-order valence-corrected chi connectivity index (χ1v) is 11.3. The minimum absolute atomic E-state index is 0.0132. The van der Waals surface area contributed by atoms with Gasteiger partial charge in [0, 0.05) is 17.7 Å². The van der Waals surface area contributed by atoms with Crippen LogP contribution in [0.3, 0.4) is 0 Å². The number of nitrogens with one attached hydrogen (secondary N) is 1. The normalized spacial score (nSPS) is 12.7. The Labute approximate surface area is 189 Å². The smallest absolute Gasteiger partial charge is 0.224 e. The number of amides is 1. The van der Waals surface area contributed by atoms with Crippen molar-refractivity contribution in [2.75, 3.05) is 5.32 Å². The van der Waals surface area contributed by atoms with Crippen molar-refractivity contribution in [2.24, 2.45) is 0 Å². The molecule has 2 aromatic rings. The summed E-state index contributed by atoms with van der Waals surface area (Å²) in [4.78, 5) is 12.7. The predicted molar refractivity (Wildman–Crippen MR) is 132 cm³/mol. The van der Waals surface area contributed by atoms with E-state index in [9.17, 15) is 9.90 Å². The van der Waals surface area contributed by atoms with Crippen LogP contribution in [0.4, 0.5) is 5.69 Å². The molecule has 0 bridgehead atoms. The summed E-state index contributed by atoms with van der Waals surface area (Å²) in [6.45, 7) is 21.8. The number of benzene rings is 2. The number of anilines is 1. The fraction of sp³-hybridized carbons (Fsp3) is 0.536. The average Bonchev–Trinajstić information content (AvgIpc) is 2.59. The number of phenols is 1. The zero-order chi connectivity index (χ0) is 23.8. The van der Waals surface area contributed by atoms with Crippen molar-refractivity contribution in [3.05, 3.63) is 58.1 Å². The van der Waals surface area contributed by atoms with E-state index in [2.05, 4.69) is 65.9 Å². The molecule has 0 aliphatic rings. The van der Waals surface area contributed by atoms with Crippen molar-refractivity contribution < 1.29 is 9.90 Å². The molecule has 31 heavy (non-hydrogen) atoms. The molecule has 1 amide bonds. The monoisotopic (exact) mass is 423 g/mol. The van der Waals surface area contributed by atoms with Gasteiger partial charge in [-0.15, -0.1) is 0 Å². The van der Waals surface area contributed by atoms with Gasteiger partial charge in [0.05, 0.1) is 0 Å². The fourth-order valence-electron chi connectivity index (χ4n) is 4.17. The molecule has 0 radical (unpaired) electrons. The molecule has 2 N–H and O–H groups in total. The summed E-state index contributed by atoms with van der Waals surface area (Å²) in [5.74, 6) is 0.246. The number of rotatable bonds is 4. The Bertz CT molecular complexity index is 915. The SMILES string of the molecule is Cc1c(C(C)(C)C)cc(CCC(=O)Nc2ccc(O)c(C(C)(C)C)c2)cc1C(C)(C)C. The third kappa shape index (κ3) is 6.35. The van der Waals surface area contributed by atoms with Crippen molar-refractivity contribution >= 4 is 11.6 Å². The topological polar surface area (TPSA) is 49.3 Å². The number of phenolic OH excluding ortho intramolecular Hbond substituents is 1. The van der Waals surface area contributed by atoms with E-state index < -0.39 is 0 Å². The van der Waals surface area contributed by atoms with Crippen LogP contribution in [0.2, 0.25) is 0 Å². The van der Waals surface area contributed by atoms with Crippen LogP contribution in [0.15, 0.2) is 30.3 Å². The van der Waals surface area contributed by atoms with Gasteiger partial charge in [0.2, 0.25) is 5.91 Å². The second kappa shape index (κ2) is 8.68. The number of carbonyl (C=O) groups excluding carboxylic acids is 1. The zero-order valence-electron chi connectivity index (χ0n) is 21.2. The number of aromatic hydroxyl groups is 1. The van der Waals surface area contributed by atoms with Crippen LogP contribution < -0.4 is 5.32 Å². The molecule has 0 aliphatic heterocycles. The maximum absolute atomic E-state index is 12.7. The molecule has 0 fully saturated rings. The molecule has 0 saturated heterocycles. The second-order valence-corrected chi connectivity index (χ2v) is 11.8. The van der Waals surface area contributed by atoms with Gasteiger partial charge >= 0.3 is 0 Å². The molecule has 2 rings (SSSR count). The maximum atomic E-state index is 12.7. The molecule has 0 atom stereocenters. The number of aryl methyl sites for hydroxylation is 1. The van der Waals surface area contributed by atoms with Gasteiger partial charge in [-0.25, -0.2) is 0 Å². The first-order chi connectivity index (χ1) is 14.0. The minimum Gasteiger partial charge on any atom is -0.508 e. The van der Waals surface area contributed by atoms with E-state index in [0.29, 0.717) is 12.8 Å². The largest absolute Gasteiger partial charge is 0.508 e. The first kappa shape index (κ1) is 25.0. The Kier molecular flexibility index (Phi) is 7.00. The van der Waals surface area contributed by atoms with Gasteiger partial charge < -0.3 is 10.4 Å². The number of hydrogen-bond acceptors (Lipinski definition) is 2. The summed E-state index contributed by atoms with van der Waals surface area (Å²) in [5.41, 5.74) is 6.72.